The number of pyridine rings is 2. The van der Waals surface area contributed by atoms with Crippen LogP contribution in [0.25, 0.3) is 11.5 Å². The Kier molecular flexibility index (Phi) is 6.11. The Balaban J connectivity index is 2.01. The van der Waals surface area contributed by atoms with E-state index in [0.717, 1.165) is 6.07 Å². The van der Waals surface area contributed by atoms with Crippen LogP contribution in [0.3, 0.4) is 0 Å². The van der Waals surface area contributed by atoms with Crippen molar-refractivity contribution < 1.29 is 13.2 Å². The second kappa shape index (κ2) is 8.73. The molecule has 0 bridgehead atoms. The summed E-state index contributed by atoms with van der Waals surface area (Å²) < 4.78 is 39.1. The first kappa shape index (κ1) is 21.0. The molecule has 0 fully saturated rings. The largest absolute Gasteiger partial charge is 0.433 e. The molecule has 0 aromatic carbocycles. The van der Waals surface area contributed by atoms with E-state index in [2.05, 4.69) is 30.6 Å². The molecule has 3 aromatic rings. The Morgan fingerprint density at radius 1 is 1.07 bits per heavy atom. The van der Waals surface area contributed by atoms with Crippen LogP contribution in [0.15, 0.2) is 42.6 Å². The molecule has 3 heterocycles. The van der Waals surface area contributed by atoms with E-state index in [1.165, 1.54) is 12.1 Å². The van der Waals surface area contributed by atoms with Crippen LogP contribution in [0.4, 0.5) is 30.5 Å². The molecule has 3 rings (SSSR count). The van der Waals surface area contributed by atoms with Crippen LogP contribution in [-0.2, 0) is 12.6 Å². The summed E-state index contributed by atoms with van der Waals surface area (Å²) in [7, 11) is 0. The van der Waals surface area contributed by atoms with Crippen molar-refractivity contribution in [3.05, 3.63) is 54.0 Å². The number of aromatic nitrogens is 4. The van der Waals surface area contributed by atoms with E-state index in [4.69, 9.17) is 5.26 Å². The molecule has 0 saturated heterocycles. The maximum Gasteiger partial charge on any atom is 0.433 e. The van der Waals surface area contributed by atoms with Crippen LogP contribution in [-0.4, -0.2) is 26.0 Å². The predicted molar refractivity (Wildman–Crippen MR) is 106 cm³/mol. The molecule has 0 saturated carbocycles. The van der Waals surface area contributed by atoms with E-state index in [9.17, 15) is 13.2 Å². The minimum atomic E-state index is -4.57. The second-order valence-electron chi connectivity index (χ2n) is 6.66. The molecule has 0 aliphatic carbocycles. The number of alkyl halides is 3. The molecule has 2 N–H and O–H groups in total. The Bertz CT molecular complexity index is 1070. The van der Waals surface area contributed by atoms with E-state index in [1.54, 1.807) is 24.4 Å². The highest BCUT2D eigenvalue weighted by Gasteiger charge is 2.32. The second-order valence-corrected chi connectivity index (χ2v) is 6.66. The maximum absolute atomic E-state index is 13.0. The van der Waals surface area contributed by atoms with Crippen molar-refractivity contribution in [2.45, 2.75) is 32.5 Å². The van der Waals surface area contributed by atoms with Crippen molar-refractivity contribution in [3.8, 4) is 17.6 Å². The minimum Gasteiger partial charge on any atom is -0.368 e. The average molecular weight is 413 g/mol. The third-order valence-corrected chi connectivity index (χ3v) is 3.78. The lowest BCUT2D eigenvalue weighted by Crippen LogP contribution is -2.13. The average Bonchev–Trinajstić information content (AvgIpc) is 2.67. The number of hydrogen-bond donors (Lipinski definition) is 2. The summed E-state index contributed by atoms with van der Waals surface area (Å²) >= 11 is 0. The van der Waals surface area contributed by atoms with Gasteiger partial charge in [0.1, 0.15) is 23.0 Å². The third kappa shape index (κ3) is 5.41. The summed E-state index contributed by atoms with van der Waals surface area (Å²) in [4.78, 5) is 16.4. The standard InChI is InChI=1S/C20H18F3N7/c1-12(2)26-17-11-18(27-14-7-9-25-13(10-14)6-8-24)30-19(29-17)15-4-3-5-16(28-15)20(21,22)23/h3-5,7,9-12H,6H2,1-2H3,(H2,25,26,27,29,30). The number of anilines is 3. The van der Waals surface area contributed by atoms with Gasteiger partial charge in [-0.25, -0.2) is 15.0 Å². The minimum absolute atomic E-state index is 0.000166. The maximum atomic E-state index is 13.0. The van der Waals surface area contributed by atoms with Gasteiger partial charge >= 0.3 is 6.18 Å². The number of rotatable bonds is 6. The van der Waals surface area contributed by atoms with Crippen molar-refractivity contribution in [2.24, 2.45) is 0 Å². The molecular weight excluding hydrogens is 395 g/mol. The Morgan fingerprint density at radius 3 is 2.53 bits per heavy atom. The highest BCUT2D eigenvalue weighted by atomic mass is 19.4. The fraction of sp³-hybridized carbons (Fsp3) is 0.250. The van der Waals surface area contributed by atoms with Gasteiger partial charge in [0.15, 0.2) is 5.82 Å². The van der Waals surface area contributed by atoms with Gasteiger partial charge in [-0.15, -0.1) is 0 Å². The zero-order valence-electron chi connectivity index (χ0n) is 16.2. The highest BCUT2D eigenvalue weighted by molar-refractivity contribution is 5.64. The molecule has 3 aromatic heterocycles. The highest BCUT2D eigenvalue weighted by Crippen LogP contribution is 2.29. The molecule has 0 radical (unpaired) electrons. The Hall–Kier alpha value is -3.74. The van der Waals surface area contributed by atoms with E-state index in [0.29, 0.717) is 23.0 Å². The lowest BCUT2D eigenvalue weighted by molar-refractivity contribution is -0.141. The first-order chi connectivity index (χ1) is 14.2. The summed E-state index contributed by atoms with van der Waals surface area (Å²) in [5.41, 5.74) is 0.194. The van der Waals surface area contributed by atoms with Crippen LogP contribution < -0.4 is 10.6 Å². The van der Waals surface area contributed by atoms with Crippen LogP contribution >= 0.6 is 0 Å². The summed E-state index contributed by atoms with van der Waals surface area (Å²) in [6.45, 7) is 3.82. The van der Waals surface area contributed by atoms with Gasteiger partial charge in [-0.2, -0.15) is 18.4 Å². The smallest absolute Gasteiger partial charge is 0.368 e. The van der Waals surface area contributed by atoms with Crippen molar-refractivity contribution in [1.29, 1.82) is 5.26 Å². The molecule has 7 nitrogen and oxygen atoms in total. The number of nitriles is 1. The van der Waals surface area contributed by atoms with Gasteiger partial charge in [0.05, 0.1) is 18.2 Å². The van der Waals surface area contributed by atoms with E-state index in [-0.39, 0.29) is 24.0 Å². The van der Waals surface area contributed by atoms with E-state index >= 15 is 0 Å². The van der Waals surface area contributed by atoms with Gasteiger partial charge in [-0.1, -0.05) is 6.07 Å². The van der Waals surface area contributed by atoms with Gasteiger partial charge in [0, 0.05) is 24.0 Å². The fourth-order valence-corrected chi connectivity index (χ4v) is 2.59. The van der Waals surface area contributed by atoms with Crippen molar-refractivity contribution in [2.75, 3.05) is 10.6 Å². The summed E-state index contributed by atoms with van der Waals surface area (Å²) in [6, 6.07) is 10.7. The summed E-state index contributed by atoms with van der Waals surface area (Å²) in [5.74, 6) is 0.833. The van der Waals surface area contributed by atoms with Crippen LogP contribution in [0, 0.1) is 11.3 Å². The molecule has 0 amide bonds. The van der Waals surface area contributed by atoms with Gasteiger partial charge in [-0.05, 0) is 38.1 Å². The van der Waals surface area contributed by atoms with Crippen LogP contribution in [0.2, 0.25) is 0 Å². The van der Waals surface area contributed by atoms with Crippen molar-refractivity contribution in [3.63, 3.8) is 0 Å². The molecule has 0 aliphatic rings. The van der Waals surface area contributed by atoms with Crippen molar-refractivity contribution >= 4 is 17.3 Å². The summed E-state index contributed by atoms with van der Waals surface area (Å²) in [5, 5.41) is 15.0. The molecule has 10 heteroatoms. The zero-order chi connectivity index (χ0) is 21.7. The van der Waals surface area contributed by atoms with E-state index < -0.39 is 11.9 Å². The fourth-order valence-electron chi connectivity index (χ4n) is 2.59. The number of halogens is 3. The monoisotopic (exact) mass is 413 g/mol. The van der Waals surface area contributed by atoms with Crippen LogP contribution in [0.5, 0.6) is 0 Å². The topological polar surface area (TPSA) is 99.4 Å². The molecule has 154 valence electrons. The molecule has 30 heavy (non-hydrogen) atoms. The first-order valence-corrected chi connectivity index (χ1v) is 9.04. The third-order valence-electron chi connectivity index (χ3n) is 3.78. The van der Waals surface area contributed by atoms with Gasteiger partial charge < -0.3 is 10.6 Å². The van der Waals surface area contributed by atoms with Crippen molar-refractivity contribution in [1.82, 2.24) is 19.9 Å². The first-order valence-electron chi connectivity index (χ1n) is 9.04. The summed E-state index contributed by atoms with van der Waals surface area (Å²) in [6.07, 6.45) is -2.86. The SMILES string of the molecule is CC(C)Nc1cc(Nc2ccnc(CC#N)c2)nc(-c2cccc(C(F)(F)F)n2)n1. The molecule has 0 spiro atoms. The lowest BCUT2D eigenvalue weighted by atomic mass is 10.2. The normalized spacial score (nSPS) is 11.2. The molecule has 0 aliphatic heterocycles. The Morgan fingerprint density at radius 2 is 1.83 bits per heavy atom. The van der Waals surface area contributed by atoms with E-state index in [1.807, 2.05) is 19.9 Å². The number of nitrogens with zero attached hydrogens (tertiary/aromatic N) is 5. The van der Waals surface area contributed by atoms with Crippen LogP contribution in [0.1, 0.15) is 25.2 Å². The predicted octanol–water partition coefficient (Wildman–Crippen LogP) is 4.58. The molecular formula is C20H18F3N7. The zero-order valence-corrected chi connectivity index (χ0v) is 16.2. The number of nitrogens with one attached hydrogen (secondary N) is 2. The Labute approximate surface area is 171 Å². The lowest BCUT2D eigenvalue weighted by Gasteiger charge is -2.14. The van der Waals surface area contributed by atoms with Gasteiger partial charge in [-0.3, -0.25) is 4.98 Å². The van der Waals surface area contributed by atoms with Gasteiger partial charge in [0.2, 0.25) is 0 Å². The number of hydrogen-bond acceptors (Lipinski definition) is 7. The quantitative estimate of drug-likeness (QED) is 0.610. The molecule has 0 unspecified atom stereocenters. The molecule has 0 atom stereocenters. The van der Waals surface area contributed by atoms with Gasteiger partial charge in [0.25, 0.3) is 0 Å².